The van der Waals surface area contributed by atoms with Crippen LogP contribution in [0.4, 0.5) is 0 Å². The Hall–Kier alpha value is -4.38. The van der Waals surface area contributed by atoms with Crippen molar-refractivity contribution in [3.8, 4) is 16.9 Å². The first kappa shape index (κ1) is 18.4. The minimum atomic E-state index is 0.846. The van der Waals surface area contributed by atoms with Crippen LogP contribution in [-0.4, -0.2) is 27.0 Å². The molecule has 0 saturated carbocycles. The summed E-state index contributed by atoms with van der Waals surface area (Å²) in [5.41, 5.74) is 6.43. The molecule has 5 nitrogen and oxygen atoms in total. The highest BCUT2D eigenvalue weighted by Crippen LogP contribution is 2.19. The standard InChI is InChI=1S/C27H22N4O/c1-32-25-10-2-17(3-11-25)26-15-24-14-22-7-6-20(29-22)12-18-4-5-19(28-18)13-21-8-9-23(30-21)16-27(26)31-24/h2-16,28-31H,1H3. The lowest BCUT2D eigenvalue weighted by Crippen LogP contribution is -2.11. The summed E-state index contributed by atoms with van der Waals surface area (Å²) >= 11 is 0. The molecule has 5 heteroatoms. The van der Waals surface area contributed by atoms with Gasteiger partial charge in [0.25, 0.3) is 0 Å². The van der Waals surface area contributed by atoms with E-state index in [-0.39, 0.29) is 0 Å². The number of aromatic nitrogens is 4. The van der Waals surface area contributed by atoms with Crippen LogP contribution in [0.15, 0.2) is 66.7 Å². The van der Waals surface area contributed by atoms with Gasteiger partial charge in [-0.05, 0) is 84.5 Å². The van der Waals surface area contributed by atoms with Crippen LogP contribution in [0.25, 0.3) is 35.4 Å². The summed E-state index contributed by atoms with van der Waals surface area (Å²) in [5.74, 6) is 0.846. The zero-order chi connectivity index (χ0) is 21.5. The number of methoxy groups -OCH3 is 1. The molecule has 0 fully saturated rings. The molecule has 0 radical (unpaired) electrons. The van der Waals surface area contributed by atoms with Crippen molar-refractivity contribution >= 4 is 24.3 Å². The Morgan fingerprint density at radius 3 is 1.69 bits per heavy atom. The molecule has 156 valence electrons. The fraction of sp³-hybridized carbons (Fsp3) is 0.0370. The van der Waals surface area contributed by atoms with Gasteiger partial charge in [-0.3, -0.25) is 0 Å². The maximum Gasteiger partial charge on any atom is 0.118 e. The lowest BCUT2D eigenvalue weighted by atomic mass is 10.1. The van der Waals surface area contributed by atoms with E-state index >= 15 is 0 Å². The molecule has 5 heterocycles. The van der Waals surface area contributed by atoms with Crippen molar-refractivity contribution in [1.82, 2.24) is 19.9 Å². The third-order valence-electron chi connectivity index (χ3n) is 5.70. The molecule has 0 amide bonds. The molecule has 4 aromatic heterocycles. The Morgan fingerprint density at radius 2 is 1.09 bits per heavy atom. The summed E-state index contributed by atoms with van der Waals surface area (Å²) in [6.07, 6.45) is 8.49. The van der Waals surface area contributed by atoms with Crippen molar-refractivity contribution in [2.24, 2.45) is 0 Å². The van der Waals surface area contributed by atoms with Gasteiger partial charge < -0.3 is 24.7 Å². The van der Waals surface area contributed by atoms with Gasteiger partial charge in [0.05, 0.1) is 7.11 Å². The van der Waals surface area contributed by atoms with Crippen molar-refractivity contribution in [1.29, 1.82) is 0 Å². The van der Waals surface area contributed by atoms with E-state index in [1.54, 1.807) is 7.11 Å². The number of fused-ring (bicyclic) bond motifs is 8. The number of hydrogen-bond acceptors (Lipinski definition) is 1. The van der Waals surface area contributed by atoms with Crippen LogP contribution in [0.3, 0.4) is 0 Å². The van der Waals surface area contributed by atoms with Gasteiger partial charge in [0.15, 0.2) is 0 Å². The SMILES string of the molecule is COc1ccc(-c2cc3[nH]c2=Cc2ccc([nH]2)C=c2ccc([nH]2)=Cc2ccc([nH]2)C=3)cc1. The van der Waals surface area contributed by atoms with Gasteiger partial charge in [-0.1, -0.05) is 12.1 Å². The molecule has 1 aliphatic heterocycles. The largest absolute Gasteiger partial charge is 0.497 e. The minimum Gasteiger partial charge on any atom is -0.497 e. The zero-order valence-corrected chi connectivity index (χ0v) is 17.6. The summed E-state index contributed by atoms with van der Waals surface area (Å²) in [4.78, 5) is 14.0. The van der Waals surface area contributed by atoms with Gasteiger partial charge in [0.1, 0.15) is 5.75 Å². The quantitative estimate of drug-likeness (QED) is 0.342. The first-order chi connectivity index (χ1) is 15.7. The van der Waals surface area contributed by atoms with E-state index in [2.05, 4.69) is 98.8 Å². The lowest BCUT2D eigenvalue weighted by molar-refractivity contribution is 0.415. The van der Waals surface area contributed by atoms with Crippen LogP contribution >= 0.6 is 0 Å². The number of ether oxygens (including phenoxy) is 1. The fourth-order valence-corrected chi connectivity index (χ4v) is 4.15. The van der Waals surface area contributed by atoms with Crippen LogP contribution in [0.2, 0.25) is 0 Å². The summed E-state index contributed by atoms with van der Waals surface area (Å²) in [5, 5.41) is 4.18. The van der Waals surface area contributed by atoms with Gasteiger partial charge in [0, 0.05) is 49.7 Å². The predicted octanol–water partition coefficient (Wildman–Crippen LogP) is 2.30. The molecule has 32 heavy (non-hydrogen) atoms. The average molecular weight is 419 g/mol. The number of hydrogen-bond donors (Lipinski definition) is 4. The van der Waals surface area contributed by atoms with E-state index in [9.17, 15) is 0 Å². The molecule has 1 aliphatic rings. The van der Waals surface area contributed by atoms with Crippen LogP contribution in [-0.2, 0) is 0 Å². The predicted molar refractivity (Wildman–Crippen MR) is 128 cm³/mol. The van der Waals surface area contributed by atoms with E-state index in [0.717, 1.165) is 61.0 Å². The smallest absolute Gasteiger partial charge is 0.118 e. The van der Waals surface area contributed by atoms with Gasteiger partial charge in [0.2, 0.25) is 0 Å². The van der Waals surface area contributed by atoms with E-state index in [1.807, 2.05) is 12.1 Å². The van der Waals surface area contributed by atoms with Gasteiger partial charge in [-0.25, -0.2) is 0 Å². The average Bonchev–Trinajstić information content (AvgIpc) is 3.59. The van der Waals surface area contributed by atoms with Crippen molar-refractivity contribution in [3.63, 3.8) is 0 Å². The van der Waals surface area contributed by atoms with Crippen LogP contribution < -0.4 is 26.1 Å². The number of H-pyrrole nitrogens is 4. The monoisotopic (exact) mass is 418 g/mol. The Labute approximate surface area is 184 Å². The molecule has 0 spiro atoms. The summed E-state index contributed by atoms with van der Waals surface area (Å²) in [6, 6.07) is 22.9. The number of rotatable bonds is 2. The molecule has 0 unspecified atom stereocenters. The number of benzene rings is 1. The molecule has 0 aliphatic carbocycles. The molecule has 5 aromatic rings. The maximum absolute atomic E-state index is 5.33. The summed E-state index contributed by atoms with van der Waals surface area (Å²) in [7, 11) is 1.68. The molecule has 8 bridgehead atoms. The van der Waals surface area contributed by atoms with Gasteiger partial charge in [-0.2, -0.15) is 0 Å². The second-order valence-electron chi connectivity index (χ2n) is 7.96. The highest BCUT2D eigenvalue weighted by molar-refractivity contribution is 5.68. The third-order valence-corrected chi connectivity index (χ3v) is 5.70. The number of nitrogens with one attached hydrogen (secondary N) is 4. The van der Waals surface area contributed by atoms with Crippen LogP contribution in [0, 0.1) is 0 Å². The Bertz CT molecular complexity index is 1660. The van der Waals surface area contributed by atoms with Gasteiger partial charge in [-0.15, -0.1) is 0 Å². The van der Waals surface area contributed by atoms with Crippen LogP contribution in [0.5, 0.6) is 5.75 Å². The normalized spacial score (nSPS) is 12.3. The summed E-state index contributed by atoms with van der Waals surface area (Å²) < 4.78 is 5.33. The van der Waals surface area contributed by atoms with E-state index in [0.29, 0.717) is 0 Å². The first-order valence-electron chi connectivity index (χ1n) is 10.6. The lowest BCUT2D eigenvalue weighted by Gasteiger charge is -2.01. The zero-order valence-electron chi connectivity index (χ0n) is 17.6. The van der Waals surface area contributed by atoms with E-state index < -0.39 is 0 Å². The van der Waals surface area contributed by atoms with Crippen LogP contribution in [0.1, 0.15) is 22.8 Å². The number of aromatic amines is 4. The highest BCUT2D eigenvalue weighted by atomic mass is 16.5. The Balaban J connectivity index is 1.59. The topological polar surface area (TPSA) is 72.4 Å². The van der Waals surface area contributed by atoms with E-state index in [4.69, 9.17) is 4.74 Å². The molecule has 1 aromatic carbocycles. The molecule has 4 N–H and O–H groups in total. The second kappa shape index (κ2) is 7.39. The highest BCUT2D eigenvalue weighted by Gasteiger charge is 2.05. The van der Waals surface area contributed by atoms with Crippen molar-refractivity contribution < 1.29 is 4.74 Å². The third kappa shape index (κ3) is 3.50. The van der Waals surface area contributed by atoms with Crippen molar-refractivity contribution in [2.75, 3.05) is 7.11 Å². The molecular weight excluding hydrogens is 396 g/mol. The Morgan fingerprint density at radius 1 is 0.531 bits per heavy atom. The van der Waals surface area contributed by atoms with Crippen molar-refractivity contribution in [3.05, 3.63) is 111 Å². The molecule has 0 saturated heterocycles. The minimum absolute atomic E-state index is 0.846. The molecule has 6 rings (SSSR count). The first-order valence-corrected chi connectivity index (χ1v) is 10.6. The molecule has 0 atom stereocenters. The molecular formula is C27H22N4O. The van der Waals surface area contributed by atoms with Gasteiger partial charge >= 0.3 is 0 Å². The van der Waals surface area contributed by atoms with E-state index in [1.165, 1.54) is 0 Å². The fourth-order valence-electron chi connectivity index (χ4n) is 4.15. The van der Waals surface area contributed by atoms with Crippen molar-refractivity contribution in [2.45, 2.75) is 0 Å². The second-order valence-corrected chi connectivity index (χ2v) is 7.96. The maximum atomic E-state index is 5.33. The Kier molecular flexibility index (Phi) is 4.25. The summed E-state index contributed by atoms with van der Waals surface area (Å²) in [6.45, 7) is 0.